The fraction of sp³-hybridized carbons (Fsp3) is 0.455. The summed E-state index contributed by atoms with van der Waals surface area (Å²) in [5.41, 5.74) is 2.59. The zero-order valence-corrected chi connectivity index (χ0v) is 9.73. The molecule has 1 aromatic rings. The van der Waals surface area contributed by atoms with Crippen molar-refractivity contribution in [2.45, 2.75) is 24.1 Å². The molecule has 0 bridgehead atoms. The van der Waals surface area contributed by atoms with Crippen LogP contribution >= 0.6 is 0 Å². The number of aliphatic hydroxyl groups is 2. The van der Waals surface area contributed by atoms with Crippen molar-refractivity contribution < 1.29 is 19.3 Å². The Labute approximate surface area is 107 Å². The summed E-state index contributed by atoms with van der Waals surface area (Å²) in [7, 11) is 0. The smallest absolute Gasteiger partial charge is 0.351 e. The summed E-state index contributed by atoms with van der Waals surface area (Å²) in [4.78, 5) is 15.0. The van der Waals surface area contributed by atoms with E-state index < -0.39 is 36.4 Å². The first-order valence-corrected chi connectivity index (χ1v) is 5.38. The quantitative estimate of drug-likeness (QED) is 0.559. The summed E-state index contributed by atoms with van der Waals surface area (Å²) in [6.07, 6.45) is 1.12. The molecule has 0 radical (unpaired) electrons. The third kappa shape index (κ3) is 1.98. The molecule has 1 fully saturated rings. The van der Waals surface area contributed by atoms with Crippen LogP contribution in [0.4, 0.5) is 10.2 Å². The molecule has 102 valence electrons. The summed E-state index contributed by atoms with van der Waals surface area (Å²) >= 11 is 0. The Balaban J connectivity index is 2.43. The molecule has 4 N–H and O–H groups in total. The van der Waals surface area contributed by atoms with E-state index in [1.54, 1.807) is 0 Å². The molecular formula is C11H12FN3O4. The van der Waals surface area contributed by atoms with E-state index in [0.29, 0.717) is 0 Å². The van der Waals surface area contributed by atoms with Gasteiger partial charge in [0.25, 0.3) is 0 Å². The van der Waals surface area contributed by atoms with Gasteiger partial charge >= 0.3 is 5.69 Å². The molecule has 0 aromatic carbocycles. The molecule has 1 aromatic heterocycles. The first-order chi connectivity index (χ1) is 8.95. The van der Waals surface area contributed by atoms with Gasteiger partial charge in [-0.1, -0.05) is 5.92 Å². The average Bonchev–Trinajstić information content (AvgIpc) is 2.64. The standard InChI is InChI=1S/C11H12FN3O4/c1-2-11(5-16)8(17)7(12)9(19-11)15-4-3-6(13)14-10(15)18/h1,3-4,7-9,16-17H,5H2,(H2,13,14,18)/t7-,8-,9+,11+/m0/s1. The second kappa shape index (κ2) is 4.62. The molecule has 1 aliphatic rings. The third-order valence-electron chi connectivity index (χ3n) is 2.99. The van der Waals surface area contributed by atoms with E-state index in [1.807, 2.05) is 5.92 Å². The van der Waals surface area contributed by atoms with Crippen LogP contribution in [0, 0.1) is 12.3 Å². The van der Waals surface area contributed by atoms with Crippen molar-refractivity contribution in [3.05, 3.63) is 22.7 Å². The number of hydrogen-bond acceptors (Lipinski definition) is 6. The number of nitrogen functional groups attached to an aromatic ring is 1. The zero-order chi connectivity index (χ0) is 14.2. The lowest BCUT2D eigenvalue weighted by Crippen LogP contribution is -2.44. The van der Waals surface area contributed by atoms with E-state index in [2.05, 4.69) is 4.98 Å². The predicted molar refractivity (Wildman–Crippen MR) is 62.6 cm³/mol. The van der Waals surface area contributed by atoms with Crippen LogP contribution in [0.5, 0.6) is 0 Å². The fourth-order valence-corrected chi connectivity index (χ4v) is 1.89. The highest BCUT2D eigenvalue weighted by Gasteiger charge is 2.55. The highest BCUT2D eigenvalue weighted by atomic mass is 19.1. The number of aliphatic hydroxyl groups excluding tert-OH is 2. The zero-order valence-electron chi connectivity index (χ0n) is 9.73. The molecule has 0 aliphatic carbocycles. The lowest BCUT2D eigenvalue weighted by atomic mass is 9.98. The van der Waals surface area contributed by atoms with Crippen molar-refractivity contribution in [1.82, 2.24) is 9.55 Å². The number of alkyl halides is 1. The van der Waals surface area contributed by atoms with Crippen molar-refractivity contribution in [2.24, 2.45) is 0 Å². The molecule has 8 heteroatoms. The van der Waals surface area contributed by atoms with Gasteiger partial charge in [-0.15, -0.1) is 6.42 Å². The lowest BCUT2D eigenvalue weighted by Gasteiger charge is -2.23. The first kappa shape index (κ1) is 13.5. The number of halogens is 1. The van der Waals surface area contributed by atoms with Crippen LogP contribution in [0.15, 0.2) is 17.1 Å². The van der Waals surface area contributed by atoms with E-state index in [1.165, 1.54) is 12.3 Å². The van der Waals surface area contributed by atoms with E-state index in [9.17, 15) is 14.3 Å². The van der Waals surface area contributed by atoms with E-state index in [4.69, 9.17) is 22.0 Å². The van der Waals surface area contributed by atoms with Crippen molar-refractivity contribution in [1.29, 1.82) is 0 Å². The monoisotopic (exact) mass is 269 g/mol. The molecule has 4 atom stereocenters. The molecule has 0 unspecified atom stereocenters. The Kier molecular flexibility index (Phi) is 3.28. The average molecular weight is 269 g/mol. The number of terminal acetylenes is 1. The number of aromatic nitrogens is 2. The van der Waals surface area contributed by atoms with Gasteiger partial charge in [0.2, 0.25) is 0 Å². The van der Waals surface area contributed by atoms with Crippen LogP contribution in [0.3, 0.4) is 0 Å². The normalized spacial score (nSPS) is 34.1. The summed E-state index contributed by atoms with van der Waals surface area (Å²) in [6.45, 7) is -0.779. The Morgan fingerprint density at radius 2 is 2.42 bits per heavy atom. The van der Waals surface area contributed by atoms with Crippen molar-refractivity contribution >= 4 is 5.82 Å². The van der Waals surface area contributed by atoms with E-state index in [-0.39, 0.29) is 5.82 Å². The van der Waals surface area contributed by atoms with Crippen LogP contribution in [-0.2, 0) is 4.74 Å². The highest BCUT2D eigenvalue weighted by Crippen LogP contribution is 2.37. The molecule has 19 heavy (non-hydrogen) atoms. The Bertz CT molecular complexity index is 584. The molecule has 0 amide bonds. The second-order valence-corrected chi connectivity index (χ2v) is 4.13. The maximum atomic E-state index is 14.0. The SMILES string of the molecule is C#C[C@]1(CO)O[C@@H](n2ccc(N)nc2=O)[C@@H](F)[C@@H]1O. The topological polar surface area (TPSA) is 111 Å². The van der Waals surface area contributed by atoms with Crippen molar-refractivity contribution in [2.75, 3.05) is 12.3 Å². The summed E-state index contributed by atoms with van der Waals surface area (Å²) in [5, 5.41) is 18.9. The van der Waals surface area contributed by atoms with Crippen LogP contribution < -0.4 is 11.4 Å². The minimum Gasteiger partial charge on any atom is -0.392 e. The number of nitrogens with two attached hydrogens (primary N) is 1. The maximum Gasteiger partial charge on any atom is 0.351 e. The number of rotatable bonds is 2. The van der Waals surface area contributed by atoms with Gasteiger partial charge < -0.3 is 20.7 Å². The molecular weight excluding hydrogens is 257 g/mol. The third-order valence-corrected chi connectivity index (χ3v) is 2.99. The first-order valence-electron chi connectivity index (χ1n) is 5.38. The van der Waals surface area contributed by atoms with Gasteiger partial charge in [-0.3, -0.25) is 4.57 Å². The largest absolute Gasteiger partial charge is 0.392 e. The molecule has 7 nitrogen and oxygen atoms in total. The Morgan fingerprint density at radius 3 is 2.89 bits per heavy atom. The van der Waals surface area contributed by atoms with Crippen LogP contribution in [0.2, 0.25) is 0 Å². The van der Waals surface area contributed by atoms with Crippen molar-refractivity contribution in [3.8, 4) is 12.3 Å². The van der Waals surface area contributed by atoms with Gasteiger partial charge in [-0.2, -0.15) is 4.98 Å². The van der Waals surface area contributed by atoms with Gasteiger partial charge in [0.1, 0.15) is 11.9 Å². The number of nitrogens with zero attached hydrogens (tertiary/aromatic N) is 2. The Hall–Kier alpha value is -1.95. The maximum absolute atomic E-state index is 14.0. The number of hydrogen-bond donors (Lipinski definition) is 3. The molecule has 0 spiro atoms. The number of ether oxygens (including phenoxy) is 1. The second-order valence-electron chi connectivity index (χ2n) is 4.13. The Morgan fingerprint density at radius 1 is 1.74 bits per heavy atom. The van der Waals surface area contributed by atoms with E-state index >= 15 is 0 Å². The molecule has 1 aliphatic heterocycles. The minimum absolute atomic E-state index is 0.0272. The van der Waals surface area contributed by atoms with Gasteiger partial charge in [0.05, 0.1) is 6.61 Å². The molecule has 2 rings (SSSR count). The summed E-state index contributed by atoms with van der Waals surface area (Å²) in [6, 6.07) is 1.28. The van der Waals surface area contributed by atoms with E-state index in [0.717, 1.165) is 4.57 Å². The van der Waals surface area contributed by atoms with Gasteiger partial charge in [0, 0.05) is 6.20 Å². The van der Waals surface area contributed by atoms with Crippen molar-refractivity contribution in [3.63, 3.8) is 0 Å². The van der Waals surface area contributed by atoms with Gasteiger partial charge in [0.15, 0.2) is 18.0 Å². The van der Waals surface area contributed by atoms with Gasteiger partial charge in [-0.05, 0) is 6.07 Å². The molecule has 0 saturated carbocycles. The summed E-state index contributed by atoms with van der Waals surface area (Å²) < 4.78 is 20.0. The van der Waals surface area contributed by atoms with Gasteiger partial charge in [-0.25, -0.2) is 9.18 Å². The predicted octanol–water partition coefficient (Wildman–Crippen LogP) is -1.58. The number of anilines is 1. The van der Waals surface area contributed by atoms with Crippen LogP contribution in [0.25, 0.3) is 0 Å². The summed E-state index contributed by atoms with van der Waals surface area (Å²) in [5.74, 6) is 1.99. The molecule has 1 saturated heterocycles. The highest BCUT2D eigenvalue weighted by molar-refractivity contribution is 5.24. The lowest BCUT2D eigenvalue weighted by molar-refractivity contribution is -0.0922. The minimum atomic E-state index is -1.98. The molecule has 2 heterocycles. The fourth-order valence-electron chi connectivity index (χ4n) is 1.89. The van der Waals surface area contributed by atoms with Crippen LogP contribution in [0.1, 0.15) is 6.23 Å². The van der Waals surface area contributed by atoms with Crippen LogP contribution in [-0.4, -0.2) is 44.2 Å².